The summed E-state index contributed by atoms with van der Waals surface area (Å²) in [7, 11) is 0. The third-order valence-corrected chi connectivity index (χ3v) is 5.57. The van der Waals surface area contributed by atoms with Gasteiger partial charge in [-0.1, -0.05) is 109 Å². The molecule has 4 aromatic carbocycles. The Morgan fingerprint density at radius 3 is 1.69 bits per heavy atom. The number of benzene rings is 4. The van der Waals surface area contributed by atoms with E-state index in [0.717, 1.165) is 28.5 Å². The van der Waals surface area contributed by atoms with Crippen molar-refractivity contribution in [3.63, 3.8) is 0 Å². The molecule has 0 atom stereocenters. The Labute approximate surface area is 186 Å². The Hall–Kier alpha value is -4.38. The maximum absolute atomic E-state index is 11.2. The molecule has 0 N–H and O–H groups in total. The van der Waals surface area contributed by atoms with Crippen LogP contribution in [0, 0.1) is 0 Å². The van der Waals surface area contributed by atoms with Gasteiger partial charge in [-0.05, 0) is 28.0 Å². The van der Waals surface area contributed by atoms with Gasteiger partial charge < -0.3 is 0 Å². The van der Waals surface area contributed by atoms with Gasteiger partial charge in [0.1, 0.15) is 6.29 Å². The van der Waals surface area contributed by atoms with Gasteiger partial charge in [0.2, 0.25) is 5.82 Å². The van der Waals surface area contributed by atoms with Gasteiger partial charge in [0.05, 0.1) is 0 Å². The molecule has 5 heteroatoms. The van der Waals surface area contributed by atoms with Crippen molar-refractivity contribution in [1.82, 2.24) is 20.2 Å². The summed E-state index contributed by atoms with van der Waals surface area (Å²) in [6.45, 7) is 0. The van der Waals surface area contributed by atoms with Gasteiger partial charge in [0.15, 0.2) is 5.54 Å². The predicted molar refractivity (Wildman–Crippen MR) is 123 cm³/mol. The van der Waals surface area contributed by atoms with Crippen LogP contribution in [0.15, 0.2) is 115 Å². The van der Waals surface area contributed by atoms with E-state index in [4.69, 9.17) is 5.10 Å². The molecule has 0 saturated carbocycles. The molecule has 0 unspecified atom stereocenters. The minimum Gasteiger partial charge on any atom is -0.298 e. The molecule has 0 aliphatic carbocycles. The molecular formula is C27H20N4O. The number of rotatable bonds is 6. The van der Waals surface area contributed by atoms with Gasteiger partial charge in [-0.25, -0.2) is 0 Å². The molecule has 5 nitrogen and oxygen atoms in total. The summed E-state index contributed by atoms with van der Waals surface area (Å²) in [5.41, 5.74) is 3.54. The van der Waals surface area contributed by atoms with Crippen molar-refractivity contribution in [1.29, 1.82) is 0 Å². The largest absolute Gasteiger partial charge is 0.298 e. The number of hydrogen-bond acceptors (Lipinski definition) is 4. The summed E-state index contributed by atoms with van der Waals surface area (Å²) in [6.07, 6.45) is 0.816. The maximum Gasteiger partial charge on any atom is 0.205 e. The fourth-order valence-electron chi connectivity index (χ4n) is 4.11. The second-order valence-electron chi connectivity index (χ2n) is 7.45. The molecule has 0 saturated heterocycles. The van der Waals surface area contributed by atoms with Crippen LogP contribution in [0.5, 0.6) is 0 Å². The van der Waals surface area contributed by atoms with Crippen LogP contribution in [0.1, 0.15) is 27.0 Å². The molecule has 0 aliphatic heterocycles. The van der Waals surface area contributed by atoms with E-state index in [9.17, 15) is 4.79 Å². The van der Waals surface area contributed by atoms with Crippen molar-refractivity contribution in [2.24, 2.45) is 0 Å². The second-order valence-corrected chi connectivity index (χ2v) is 7.45. The minimum absolute atomic E-state index is 0.459. The standard InChI is InChI=1S/C27H20N4O/c32-20-21-11-10-12-22(19-21)26-28-30-31(29-26)27(23-13-4-1-5-14-23,24-15-6-2-7-16-24)25-17-8-3-9-18-25/h1-20H. The Kier molecular flexibility index (Phi) is 5.14. The molecule has 0 bridgehead atoms. The molecule has 0 radical (unpaired) electrons. The summed E-state index contributed by atoms with van der Waals surface area (Å²) in [5, 5.41) is 13.7. The highest BCUT2D eigenvalue weighted by Gasteiger charge is 2.41. The van der Waals surface area contributed by atoms with Crippen molar-refractivity contribution in [3.8, 4) is 11.4 Å². The SMILES string of the molecule is O=Cc1cccc(-c2nnn(C(c3ccccc3)(c3ccccc3)c3ccccc3)n2)c1. The second kappa shape index (κ2) is 8.40. The van der Waals surface area contributed by atoms with Crippen molar-refractivity contribution in [3.05, 3.63) is 138 Å². The van der Waals surface area contributed by atoms with Crippen LogP contribution < -0.4 is 0 Å². The smallest absolute Gasteiger partial charge is 0.205 e. The minimum atomic E-state index is -0.822. The number of hydrogen-bond donors (Lipinski definition) is 0. The van der Waals surface area contributed by atoms with E-state index in [-0.39, 0.29) is 0 Å². The summed E-state index contributed by atoms with van der Waals surface area (Å²) in [4.78, 5) is 12.9. The number of tetrazole rings is 1. The van der Waals surface area contributed by atoms with Crippen LogP contribution in [-0.2, 0) is 5.54 Å². The van der Waals surface area contributed by atoms with E-state index in [1.807, 2.05) is 66.7 Å². The number of carbonyl (C=O) groups is 1. The molecule has 1 heterocycles. The first-order valence-corrected chi connectivity index (χ1v) is 10.3. The van der Waals surface area contributed by atoms with Crippen LogP contribution in [0.2, 0.25) is 0 Å². The molecule has 0 aliphatic rings. The fraction of sp³-hybridized carbons (Fsp3) is 0.0370. The zero-order valence-corrected chi connectivity index (χ0v) is 17.2. The first-order chi connectivity index (χ1) is 15.8. The van der Waals surface area contributed by atoms with E-state index in [0.29, 0.717) is 11.4 Å². The number of carbonyl (C=O) groups excluding carboxylic acids is 1. The molecule has 1 aromatic heterocycles. The molecule has 5 aromatic rings. The number of aldehydes is 1. The summed E-state index contributed by atoms with van der Waals surface area (Å²) < 4.78 is 0. The van der Waals surface area contributed by atoms with E-state index in [1.54, 1.807) is 16.9 Å². The van der Waals surface area contributed by atoms with Crippen molar-refractivity contribution < 1.29 is 4.79 Å². The lowest BCUT2D eigenvalue weighted by atomic mass is 9.77. The van der Waals surface area contributed by atoms with Gasteiger partial charge >= 0.3 is 0 Å². The van der Waals surface area contributed by atoms with Crippen molar-refractivity contribution in [2.75, 3.05) is 0 Å². The first-order valence-electron chi connectivity index (χ1n) is 10.3. The molecule has 5 rings (SSSR count). The van der Waals surface area contributed by atoms with Crippen molar-refractivity contribution in [2.45, 2.75) is 5.54 Å². The van der Waals surface area contributed by atoms with Gasteiger partial charge in [-0.2, -0.15) is 0 Å². The fourth-order valence-corrected chi connectivity index (χ4v) is 4.11. The lowest BCUT2D eigenvalue weighted by molar-refractivity contribution is 0.112. The van der Waals surface area contributed by atoms with E-state index < -0.39 is 5.54 Å². The summed E-state index contributed by atoms with van der Waals surface area (Å²) >= 11 is 0. The molecule has 0 spiro atoms. The third kappa shape index (κ3) is 3.30. The highest BCUT2D eigenvalue weighted by molar-refractivity contribution is 5.77. The lowest BCUT2D eigenvalue weighted by Crippen LogP contribution is -2.39. The average molecular weight is 416 g/mol. The Morgan fingerprint density at radius 2 is 1.19 bits per heavy atom. The molecule has 0 amide bonds. The van der Waals surface area contributed by atoms with Gasteiger partial charge in [-0.3, -0.25) is 4.79 Å². The highest BCUT2D eigenvalue weighted by atomic mass is 16.1. The monoisotopic (exact) mass is 416 g/mol. The average Bonchev–Trinajstić information content (AvgIpc) is 3.37. The van der Waals surface area contributed by atoms with E-state index in [2.05, 4.69) is 46.7 Å². The van der Waals surface area contributed by atoms with Crippen LogP contribution in [0.3, 0.4) is 0 Å². The van der Waals surface area contributed by atoms with Gasteiger partial charge in [0.25, 0.3) is 0 Å². The van der Waals surface area contributed by atoms with Crippen LogP contribution >= 0.6 is 0 Å². The Bertz CT molecular complexity index is 1240. The normalized spacial score (nSPS) is 11.2. The maximum atomic E-state index is 11.2. The van der Waals surface area contributed by atoms with Crippen LogP contribution in [-0.4, -0.2) is 26.5 Å². The van der Waals surface area contributed by atoms with Gasteiger partial charge in [0, 0.05) is 11.1 Å². The van der Waals surface area contributed by atoms with Crippen LogP contribution in [0.25, 0.3) is 11.4 Å². The zero-order valence-electron chi connectivity index (χ0n) is 17.2. The predicted octanol–water partition coefficient (Wildman–Crippen LogP) is 4.99. The third-order valence-electron chi connectivity index (χ3n) is 5.57. The molecular weight excluding hydrogens is 396 g/mol. The highest BCUT2D eigenvalue weighted by Crippen LogP contribution is 2.39. The molecule has 32 heavy (non-hydrogen) atoms. The van der Waals surface area contributed by atoms with Gasteiger partial charge in [-0.15, -0.1) is 15.0 Å². The van der Waals surface area contributed by atoms with Crippen molar-refractivity contribution >= 4 is 6.29 Å². The number of nitrogens with zero attached hydrogens (tertiary/aromatic N) is 4. The topological polar surface area (TPSA) is 60.7 Å². The lowest BCUT2D eigenvalue weighted by Gasteiger charge is -2.34. The quantitative estimate of drug-likeness (QED) is 0.289. The molecule has 0 fully saturated rings. The summed E-state index contributed by atoms with van der Waals surface area (Å²) in [5.74, 6) is 0.459. The van der Waals surface area contributed by atoms with E-state index in [1.165, 1.54) is 0 Å². The van der Waals surface area contributed by atoms with E-state index >= 15 is 0 Å². The Morgan fingerprint density at radius 1 is 0.656 bits per heavy atom. The Balaban J connectivity index is 1.80. The van der Waals surface area contributed by atoms with Crippen LogP contribution in [0.4, 0.5) is 0 Å². The first kappa shape index (κ1) is 19.6. The number of aromatic nitrogens is 4. The zero-order chi connectivity index (χ0) is 21.8. The molecule has 154 valence electrons. The summed E-state index contributed by atoms with van der Waals surface area (Å²) in [6, 6.07) is 37.8.